The fourth-order valence-electron chi connectivity index (χ4n) is 1.82. The Bertz CT molecular complexity index is 770. The van der Waals surface area contributed by atoms with Gasteiger partial charge in [-0.2, -0.15) is 5.10 Å². The summed E-state index contributed by atoms with van der Waals surface area (Å²) in [6.07, 6.45) is 1.64. The van der Waals surface area contributed by atoms with Gasteiger partial charge < -0.3 is 15.5 Å². The minimum Gasteiger partial charge on any atom is -0.508 e. The Morgan fingerprint density at radius 2 is 1.83 bits per heavy atom. The van der Waals surface area contributed by atoms with Crippen molar-refractivity contribution in [1.29, 1.82) is 0 Å². The number of aromatic hydroxyl groups is 2. The summed E-state index contributed by atoms with van der Waals surface area (Å²) in [6.45, 7) is 1.75. The Hall–Kier alpha value is -3.35. The Labute approximate surface area is 138 Å². The number of amides is 2. The third-order valence-electron chi connectivity index (χ3n) is 3.14. The van der Waals surface area contributed by atoms with E-state index in [0.29, 0.717) is 23.2 Å². The first kappa shape index (κ1) is 17.0. The molecule has 2 rings (SSSR count). The van der Waals surface area contributed by atoms with E-state index < -0.39 is 5.91 Å². The second-order valence-corrected chi connectivity index (χ2v) is 4.92. The number of phenolic OH excluding ortho intramolecular Hbond substituents is 2. The maximum atomic E-state index is 11.9. The summed E-state index contributed by atoms with van der Waals surface area (Å²) in [5, 5.41) is 25.2. The normalized spacial score (nSPS) is 10.5. The van der Waals surface area contributed by atoms with Crippen molar-refractivity contribution in [1.82, 2.24) is 5.43 Å². The lowest BCUT2D eigenvalue weighted by Crippen LogP contribution is -2.17. The third-order valence-corrected chi connectivity index (χ3v) is 3.14. The maximum absolute atomic E-state index is 11.9. The van der Waals surface area contributed by atoms with Crippen LogP contribution in [0.4, 0.5) is 5.69 Å². The van der Waals surface area contributed by atoms with Crippen molar-refractivity contribution < 1.29 is 19.8 Å². The molecule has 0 radical (unpaired) electrons. The molecule has 2 aromatic rings. The molecule has 0 fully saturated rings. The monoisotopic (exact) mass is 327 g/mol. The Morgan fingerprint density at radius 1 is 1.12 bits per heavy atom. The number of hydrogen-bond acceptors (Lipinski definition) is 5. The quantitative estimate of drug-likeness (QED) is 0.498. The van der Waals surface area contributed by atoms with E-state index >= 15 is 0 Å². The minimum absolute atomic E-state index is 0.0658. The van der Waals surface area contributed by atoms with E-state index in [1.54, 1.807) is 31.2 Å². The average molecular weight is 327 g/mol. The van der Waals surface area contributed by atoms with E-state index in [1.165, 1.54) is 24.4 Å². The first-order valence-electron chi connectivity index (χ1n) is 7.25. The highest BCUT2D eigenvalue weighted by Gasteiger charge is 2.05. The molecule has 0 saturated heterocycles. The van der Waals surface area contributed by atoms with Crippen molar-refractivity contribution in [3.8, 4) is 11.5 Å². The van der Waals surface area contributed by atoms with E-state index in [2.05, 4.69) is 15.8 Å². The number of anilines is 1. The van der Waals surface area contributed by atoms with E-state index in [-0.39, 0.29) is 17.4 Å². The first-order valence-corrected chi connectivity index (χ1v) is 7.25. The van der Waals surface area contributed by atoms with Gasteiger partial charge in [-0.15, -0.1) is 0 Å². The molecule has 0 aliphatic rings. The highest BCUT2D eigenvalue weighted by atomic mass is 16.3. The molecule has 24 heavy (non-hydrogen) atoms. The number of rotatable bonds is 5. The van der Waals surface area contributed by atoms with Crippen LogP contribution < -0.4 is 10.7 Å². The summed E-state index contributed by atoms with van der Waals surface area (Å²) < 4.78 is 0. The lowest BCUT2D eigenvalue weighted by atomic mass is 10.2. The number of hydrazone groups is 1. The summed E-state index contributed by atoms with van der Waals surface area (Å²) >= 11 is 0. The number of nitrogens with one attached hydrogen (secondary N) is 2. The van der Waals surface area contributed by atoms with Crippen LogP contribution in [-0.4, -0.2) is 28.2 Å². The highest BCUT2D eigenvalue weighted by Crippen LogP contribution is 2.20. The van der Waals surface area contributed by atoms with Crippen LogP contribution in [0.3, 0.4) is 0 Å². The van der Waals surface area contributed by atoms with Gasteiger partial charge in [0.25, 0.3) is 5.91 Å². The Morgan fingerprint density at radius 3 is 2.46 bits per heavy atom. The van der Waals surface area contributed by atoms with Crippen molar-refractivity contribution in [2.75, 3.05) is 5.32 Å². The van der Waals surface area contributed by atoms with Crippen LogP contribution >= 0.6 is 0 Å². The molecule has 2 aromatic carbocycles. The summed E-state index contributed by atoms with van der Waals surface area (Å²) in [4.78, 5) is 23.2. The van der Waals surface area contributed by atoms with Crippen molar-refractivity contribution in [3.05, 3.63) is 53.6 Å². The van der Waals surface area contributed by atoms with Gasteiger partial charge in [-0.05, 0) is 36.4 Å². The summed E-state index contributed by atoms with van der Waals surface area (Å²) in [5.74, 6) is -0.753. The molecule has 0 aromatic heterocycles. The molecule has 0 spiro atoms. The molecule has 0 atom stereocenters. The molecule has 7 nitrogen and oxygen atoms in total. The number of nitrogens with zero attached hydrogens (tertiary/aromatic N) is 1. The molecule has 0 heterocycles. The number of carbonyl (C=O) groups is 2. The van der Waals surface area contributed by atoms with Gasteiger partial charge in [-0.25, -0.2) is 5.43 Å². The van der Waals surface area contributed by atoms with Gasteiger partial charge in [0.15, 0.2) is 0 Å². The molecule has 124 valence electrons. The van der Waals surface area contributed by atoms with Gasteiger partial charge in [0.05, 0.1) is 6.21 Å². The topological polar surface area (TPSA) is 111 Å². The van der Waals surface area contributed by atoms with Gasteiger partial charge >= 0.3 is 0 Å². The molecule has 0 bridgehead atoms. The number of carbonyl (C=O) groups excluding carboxylic acids is 2. The molecule has 0 aliphatic heterocycles. The van der Waals surface area contributed by atoms with Crippen molar-refractivity contribution >= 4 is 23.7 Å². The van der Waals surface area contributed by atoms with Gasteiger partial charge in [0.1, 0.15) is 11.5 Å². The lowest BCUT2D eigenvalue weighted by Gasteiger charge is -2.05. The van der Waals surface area contributed by atoms with Crippen LogP contribution in [-0.2, 0) is 4.79 Å². The Balaban J connectivity index is 1.97. The second-order valence-electron chi connectivity index (χ2n) is 4.92. The van der Waals surface area contributed by atoms with Crippen LogP contribution in [0, 0.1) is 0 Å². The van der Waals surface area contributed by atoms with E-state index in [0.717, 1.165) is 0 Å². The smallest absolute Gasteiger partial charge is 0.271 e. The fraction of sp³-hybridized carbons (Fsp3) is 0.118. The maximum Gasteiger partial charge on any atom is 0.271 e. The summed E-state index contributed by atoms with van der Waals surface area (Å²) in [7, 11) is 0. The number of phenols is 2. The number of benzene rings is 2. The Kier molecular flexibility index (Phi) is 5.51. The molecule has 0 unspecified atom stereocenters. The van der Waals surface area contributed by atoms with Gasteiger partial charge in [0, 0.05) is 29.3 Å². The standard InChI is InChI=1S/C17H17N3O4/c1-2-16(23)19-13-6-3-11(4-7-13)17(24)20-18-10-12-5-8-14(21)9-15(12)22/h3-10,21-22H,2H2,1H3,(H,19,23)(H,20,24). The van der Waals surface area contributed by atoms with E-state index in [1.807, 2.05) is 0 Å². The third kappa shape index (κ3) is 4.57. The molecule has 4 N–H and O–H groups in total. The first-order chi connectivity index (χ1) is 11.5. The van der Waals surface area contributed by atoms with Crippen molar-refractivity contribution in [2.24, 2.45) is 5.10 Å². The molecule has 2 amide bonds. The predicted octanol–water partition coefficient (Wildman–Crippen LogP) is 2.21. The zero-order chi connectivity index (χ0) is 17.5. The van der Waals surface area contributed by atoms with Crippen LogP contribution in [0.2, 0.25) is 0 Å². The SMILES string of the molecule is CCC(=O)Nc1ccc(C(=O)NN=Cc2ccc(O)cc2O)cc1. The molecule has 0 aliphatic carbocycles. The lowest BCUT2D eigenvalue weighted by molar-refractivity contribution is -0.115. The molecule has 0 saturated carbocycles. The van der Waals surface area contributed by atoms with Crippen LogP contribution in [0.15, 0.2) is 47.6 Å². The van der Waals surface area contributed by atoms with E-state index in [4.69, 9.17) is 0 Å². The van der Waals surface area contributed by atoms with Gasteiger partial charge in [-0.3, -0.25) is 9.59 Å². The van der Waals surface area contributed by atoms with Crippen LogP contribution in [0.25, 0.3) is 0 Å². The predicted molar refractivity (Wildman–Crippen MR) is 90.2 cm³/mol. The largest absolute Gasteiger partial charge is 0.508 e. The highest BCUT2D eigenvalue weighted by molar-refractivity contribution is 5.96. The average Bonchev–Trinajstić information content (AvgIpc) is 2.57. The van der Waals surface area contributed by atoms with Crippen LogP contribution in [0.5, 0.6) is 11.5 Å². The summed E-state index contributed by atoms with van der Waals surface area (Å²) in [6, 6.07) is 10.4. The second kappa shape index (κ2) is 7.77. The molecule has 7 heteroatoms. The fourth-order valence-corrected chi connectivity index (χ4v) is 1.82. The molecular weight excluding hydrogens is 310 g/mol. The van der Waals surface area contributed by atoms with Gasteiger partial charge in [0.2, 0.25) is 5.91 Å². The minimum atomic E-state index is -0.433. The zero-order valence-corrected chi connectivity index (χ0v) is 13.0. The van der Waals surface area contributed by atoms with Crippen molar-refractivity contribution in [3.63, 3.8) is 0 Å². The van der Waals surface area contributed by atoms with Crippen LogP contribution in [0.1, 0.15) is 29.3 Å². The number of hydrogen-bond donors (Lipinski definition) is 4. The molecular formula is C17H17N3O4. The van der Waals surface area contributed by atoms with E-state index in [9.17, 15) is 19.8 Å². The summed E-state index contributed by atoms with van der Waals surface area (Å²) in [5.41, 5.74) is 3.66. The zero-order valence-electron chi connectivity index (χ0n) is 13.0. The van der Waals surface area contributed by atoms with Gasteiger partial charge in [-0.1, -0.05) is 6.92 Å². The van der Waals surface area contributed by atoms with Crippen molar-refractivity contribution in [2.45, 2.75) is 13.3 Å².